The summed E-state index contributed by atoms with van der Waals surface area (Å²) in [7, 11) is 4.63. The molecule has 3 aromatic carbocycles. The lowest BCUT2D eigenvalue weighted by Crippen LogP contribution is -2.49. The van der Waals surface area contributed by atoms with E-state index in [1.54, 1.807) is 49.6 Å². The molecule has 0 aromatic heterocycles. The van der Waals surface area contributed by atoms with E-state index >= 15 is 0 Å². The summed E-state index contributed by atoms with van der Waals surface area (Å²) in [5.41, 5.74) is 2.18. The summed E-state index contributed by atoms with van der Waals surface area (Å²) in [6.45, 7) is 7.63. The summed E-state index contributed by atoms with van der Waals surface area (Å²) in [5, 5.41) is 3.02. The Labute approximate surface area is 224 Å². The van der Waals surface area contributed by atoms with Gasteiger partial charge in [-0.2, -0.15) is 0 Å². The molecule has 7 heteroatoms. The molecule has 198 valence electrons. The summed E-state index contributed by atoms with van der Waals surface area (Å²) in [6, 6.07) is 18.6. The van der Waals surface area contributed by atoms with Gasteiger partial charge in [0.05, 0.1) is 27.0 Å². The molecule has 2 amide bonds. The molecule has 38 heavy (non-hydrogen) atoms. The Morgan fingerprint density at radius 3 is 1.87 bits per heavy atom. The first-order chi connectivity index (χ1) is 18.0. The number of methoxy groups -OCH3 is 3. The Balaban J connectivity index is 2.20. The third kappa shape index (κ3) is 7.30. The van der Waals surface area contributed by atoms with Gasteiger partial charge in [-0.15, -0.1) is 0 Å². The van der Waals surface area contributed by atoms with Crippen LogP contribution in [-0.4, -0.2) is 38.7 Å². The van der Waals surface area contributed by atoms with Crippen molar-refractivity contribution in [2.24, 2.45) is 0 Å². The molecule has 0 saturated carbocycles. The van der Waals surface area contributed by atoms with Crippen LogP contribution in [0.4, 0.5) is 5.69 Å². The van der Waals surface area contributed by atoms with E-state index in [0.29, 0.717) is 34.1 Å². The second-order valence-electron chi connectivity index (χ2n) is 9.78. The molecule has 0 heterocycles. The number of rotatable bonds is 7. The number of hydrogen-bond acceptors (Lipinski definition) is 5. The topological polar surface area (TPSA) is 77.1 Å². The van der Waals surface area contributed by atoms with Gasteiger partial charge in [0.15, 0.2) is 0 Å². The predicted molar refractivity (Wildman–Crippen MR) is 149 cm³/mol. The zero-order valence-corrected chi connectivity index (χ0v) is 22.9. The van der Waals surface area contributed by atoms with E-state index in [9.17, 15) is 9.59 Å². The summed E-state index contributed by atoms with van der Waals surface area (Å²) in [4.78, 5) is 29.0. The van der Waals surface area contributed by atoms with Crippen molar-refractivity contribution in [2.45, 2.75) is 39.3 Å². The van der Waals surface area contributed by atoms with Gasteiger partial charge >= 0.3 is 5.91 Å². The van der Waals surface area contributed by atoms with Gasteiger partial charge in [-0.05, 0) is 57.5 Å². The lowest BCUT2D eigenvalue weighted by Gasteiger charge is -2.33. The number of nitrogens with one attached hydrogen (secondary N) is 1. The molecular weight excluding hydrogens is 480 g/mol. The maximum atomic E-state index is 13.9. The lowest BCUT2D eigenvalue weighted by molar-refractivity contribution is -0.126. The van der Waals surface area contributed by atoms with E-state index in [0.717, 1.165) is 5.56 Å². The molecule has 0 aliphatic carbocycles. The standard InChI is InChI=1S/C31H34N2O5/c1-21-8-13-23(14-9-21)29(30(35)32-31(2,3)4)33(24-18-26(37-6)20-27(19-24)38-7)28(34)17-12-22-10-15-25(36-5)16-11-22/h8-11,13-16,18-20,29H,1-7H3,(H,32,35). The first-order valence-corrected chi connectivity index (χ1v) is 12.2. The van der Waals surface area contributed by atoms with Crippen LogP contribution in [0.5, 0.6) is 17.2 Å². The van der Waals surface area contributed by atoms with Gasteiger partial charge in [-0.3, -0.25) is 14.5 Å². The van der Waals surface area contributed by atoms with Crippen LogP contribution in [0.15, 0.2) is 66.7 Å². The quantitative estimate of drug-likeness (QED) is 0.446. The Hall–Kier alpha value is -4.44. The van der Waals surface area contributed by atoms with Crippen LogP contribution in [0.3, 0.4) is 0 Å². The van der Waals surface area contributed by atoms with Gasteiger partial charge in [0.1, 0.15) is 23.3 Å². The largest absolute Gasteiger partial charge is 0.497 e. The number of anilines is 1. The fourth-order valence-corrected chi connectivity index (χ4v) is 3.78. The Morgan fingerprint density at radius 2 is 1.37 bits per heavy atom. The highest BCUT2D eigenvalue weighted by molar-refractivity contribution is 6.10. The van der Waals surface area contributed by atoms with Crippen molar-refractivity contribution >= 4 is 17.5 Å². The highest BCUT2D eigenvalue weighted by Gasteiger charge is 2.34. The monoisotopic (exact) mass is 514 g/mol. The number of benzene rings is 3. The minimum Gasteiger partial charge on any atom is -0.497 e. The molecule has 1 atom stereocenters. The van der Waals surface area contributed by atoms with Gasteiger partial charge < -0.3 is 19.5 Å². The molecule has 3 aromatic rings. The molecule has 3 rings (SSSR count). The zero-order valence-electron chi connectivity index (χ0n) is 22.9. The van der Waals surface area contributed by atoms with Gasteiger partial charge in [-0.25, -0.2) is 0 Å². The second-order valence-corrected chi connectivity index (χ2v) is 9.78. The Morgan fingerprint density at radius 1 is 0.816 bits per heavy atom. The molecule has 0 saturated heterocycles. The zero-order chi connectivity index (χ0) is 27.9. The van der Waals surface area contributed by atoms with Crippen LogP contribution >= 0.6 is 0 Å². The molecule has 1 unspecified atom stereocenters. The molecule has 0 aliphatic heterocycles. The fourth-order valence-electron chi connectivity index (χ4n) is 3.78. The van der Waals surface area contributed by atoms with E-state index in [2.05, 4.69) is 17.2 Å². The van der Waals surface area contributed by atoms with Gasteiger partial charge in [0, 0.05) is 35.2 Å². The average Bonchev–Trinajstić information content (AvgIpc) is 2.89. The molecule has 0 radical (unpaired) electrons. The van der Waals surface area contributed by atoms with Crippen molar-refractivity contribution in [3.05, 3.63) is 83.4 Å². The summed E-state index contributed by atoms with van der Waals surface area (Å²) < 4.78 is 16.1. The SMILES string of the molecule is COc1ccc(C#CC(=O)N(c2cc(OC)cc(OC)c2)C(C(=O)NC(C)(C)C)c2ccc(C)cc2)cc1. The predicted octanol–water partition coefficient (Wildman–Crippen LogP) is 5.06. The molecule has 0 aliphatic rings. The fraction of sp³-hybridized carbons (Fsp3) is 0.290. The van der Waals surface area contributed by atoms with Crippen LogP contribution in [0, 0.1) is 18.8 Å². The van der Waals surface area contributed by atoms with Crippen molar-refractivity contribution in [1.29, 1.82) is 0 Å². The average molecular weight is 515 g/mol. The van der Waals surface area contributed by atoms with E-state index < -0.39 is 17.5 Å². The molecule has 0 spiro atoms. The van der Waals surface area contributed by atoms with Gasteiger partial charge in [-0.1, -0.05) is 35.7 Å². The van der Waals surface area contributed by atoms with Crippen LogP contribution in [0.25, 0.3) is 0 Å². The smallest absolute Gasteiger partial charge is 0.304 e. The van der Waals surface area contributed by atoms with Crippen molar-refractivity contribution in [1.82, 2.24) is 5.32 Å². The number of ether oxygens (including phenoxy) is 3. The number of carbonyl (C=O) groups is 2. The van der Waals surface area contributed by atoms with Crippen molar-refractivity contribution in [3.63, 3.8) is 0 Å². The highest BCUT2D eigenvalue weighted by atomic mass is 16.5. The minimum atomic E-state index is -1.01. The molecular formula is C31H34N2O5. The Bertz CT molecular complexity index is 1310. The third-order valence-electron chi connectivity index (χ3n) is 5.63. The molecule has 0 fully saturated rings. The summed E-state index contributed by atoms with van der Waals surface area (Å²) in [6.07, 6.45) is 0. The summed E-state index contributed by atoms with van der Waals surface area (Å²) in [5.74, 6) is 6.36. The van der Waals surface area contributed by atoms with Gasteiger partial charge in [0.25, 0.3) is 0 Å². The van der Waals surface area contributed by atoms with E-state index in [1.165, 1.54) is 19.1 Å². The highest BCUT2D eigenvalue weighted by Crippen LogP contribution is 2.34. The van der Waals surface area contributed by atoms with Crippen molar-refractivity contribution < 1.29 is 23.8 Å². The first kappa shape index (κ1) is 28.1. The van der Waals surface area contributed by atoms with E-state index in [-0.39, 0.29) is 5.91 Å². The van der Waals surface area contributed by atoms with Gasteiger partial charge in [0.2, 0.25) is 5.91 Å². The third-order valence-corrected chi connectivity index (χ3v) is 5.63. The summed E-state index contributed by atoms with van der Waals surface area (Å²) >= 11 is 0. The normalized spacial score (nSPS) is 11.4. The first-order valence-electron chi connectivity index (χ1n) is 12.2. The van der Waals surface area contributed by atoms with Crippen molar-refractivity contribution in [2.75, 3.05) is 26.2 Å². The number of carbonyl (C=O) groups excluding carboxylic acids is 2. The van der Waals surface area contributed by atoms with E-state index in [1.807, 2.05) is 52.0 Å². The van der Waals surface area contributed by atoms with E-state index in [4.69, 9.17) is 14.2 Å². The Kier molecular flexibility index (Phi) is 9.03. The van der Waals surface area contributed by atoms with Crippen LogP contribution in [-0.2, 0) is 9.59 Å². The molecule has 0 bridgehead atoms. The lowest BCUT2D eigenvalue weighted by atomic mass is 9.99. The number of hydrogen-bond donors (Lipinski definition) is 1. The van der Waals surface area contributed by atoms with Crippen LogP contribution in [0.1, 0.15) is 43.5 Å². The van der Waals surface area contributed by atoms with Crippen LogP contribution in [0.2, 0.25) is 0 Å². The number of aryl methyl sites for hydroxylation is 1. The minimum absolute atomic E-state index is 0.345. The number of nitrogens with zero attached hydrogens (tertiary/aromatic N) is 1. The maximum Gasteiger partial charge on any atom is 0.304 e. The maximum absolute atomic E-state index is 13.9. The number of amides is 2. The van der Waals surface area contributed by atoms with Crippen LogP contribution < -0.4 is 24.4 Å². The molecule has 1 N–H and O–H groups in total. The molecule has 7 nitrogen and oxygen atoms in total. The second kappa shape index (κ2) is 12.2. The van der Waals surface area contributed by atoms with Crippen molar-refractivity contribution in [3.8, 4) is 29.1 Å².